The SMILES string of the molecule is NC[C@H](Cc1ccccc1C(F)(F)F)NC(=O)c1cc(Br)c(-c2ccnc3[nH]ccc23)o1. The summed E-state index contributed by atoms with van der Waals surface area (Å²) >= 11 is 3.41. The maximum absolute atomic E-state index is 13.3. The molecular weight excluding hydrogens is 489 g/mol. The number of H-pyrrole nitrogens is 1. The minimum Gasteiger partial charge on any atom is -0.450 e. The maximum atomic E-state index is 13.3. The van der Waals surface area contributed by atoms with Gasteiger partial charge in [-0.15, -0.1) is 0 Å². The Hall–Kier alpha value is -3.11. The van der Waals surface area contributed by atoms with Crippen molar-refractivity contribution in [3.63, 3.8) is 0 Å². The molecule has 1 amide bonds. The molecule has 1 aromatic carbocycles. The number of benzene rings is 1. The van der Waals surface area contributed by atoms with Gasteiger partial charge >= 0.3 is 6.18 Å². The molecule has 0 aliphatic rings. The number of aromatic amines is 1. The van der Waals surface area contributed by atoms with Crippen molar-refractivity contribution in [2.45, 2.75) is 18.6 Å². The number of rotatable bonds is 6. The normalized spacial score (nSPS) is 12.8. The van der Waals surface area contributed by atoms with E-state index in [1.165, 1.54) is 24.3 Å². The summed E-state index contributed by atoms with van der Waals surface area (Å²) in [6, 6.07) is 9.64. The molecule has 0 bridgehead atoms. The predicted octanol–water partition coefficient (Wildman–Crippen LogP) is 4.90. The molecule has 32 heavy (non-hydrogen) atoms. The molecule has 4 aromatic rings. The standard InChI is InChI=1S/C22H18BrF3N4O2/c23-17-10-18(32-19(17)14-5-7-28-20-15(14)6-8-29-20)21(31)30-13(11-27)9-12-3-1-2-4-16(12)22(24,25)26/h1-8,10,13H,9,11,27H2,(H,28,29)(H,30,31)/t13-/m0/s1. The van der Waals surface area contributed by atoms with Crippen LogP contribution in [0.3, 0.4) is 0 Å². The van der Waals surface area contributed by atoms with Crippen molar-refractivity contribution < 1.29 is 22.4 Å². The quantitative estimate of drug-likeness (QED) is 0.346. The van der Waals surface area contributed by atoms with Gasteiger partial charge in [0.25, 0.3) is 5.91 Å². The van der Waals surface area contributed by atoms with Crippen molar-refractivity contribution in [2.24, 2.45) is 5.73 Å². The van der Waals surface area contributed by atoms with Crippen LogP contribution in [0.5, 0.6) is 0 Å². The van der Waals surface area contributed by atoms with Crippen LogP contribution in [0.25, 0.3) is 22.4 Å². The number of amides is 1. The second-order valence-corrected chi connectivity index (χ2v) is 8.01. The van der Waals surface area contributed by atoms with Crippen LogP contribution in [-0.2, 0) is 12.6 Å². The Balaban J connectivity index is 1.56. The monoisotopic (exact) mass is 506 g/mol. The van der Waals surface area contributed by atoms with Gasteiger partial charge in [0.15, 0.2) is 5.76 Å². The van der Waals surface area contributed by atoms with E-state index in [-0.39, 0.29) is 24.3 Å². The van der Waals surface area contributed by atoms with Gasteiger partial charge in [-0.3, -0.25) is 4.79 Å². The molecule has 6 nitrogen and oxygen atoms in total. The van der Waals surface area contributed by atoms with Gasteiger partial charge in [0.05, 0.1) is 10.0 Å². The fraction of sp³-hybridized carbons (Fsp3) is 0.182. The van der Waals surface area contributed by atoms with Crippen molar-refractivity contribution in [1.82, 2.24) is 15.3 Å². The van der Waals surface area contributed by atoms with Crippen LogP contribution < -0.4 is 11.1 Å². The Kier molecular flexibility index (Phi) is 6.07. The van der Waals surface area contributed by atoms with Crippen molar-refractivity contribution in [3.8, 4) is 11.3 Å². The number of alkyl halides is 3. The Morgan fingerprint density at radius 1 is 1.25 bits per heavy atom. The molecule has 0 unspecified atom stereocenters. The summed E-state index contributed by atoms with van der Waals surface area (Å²) in [5, 5.41) is 3.49. The predicted molar refractivity (Wildman–Crippen MR) is 117 cm³/mol. The van der Waals surface area contributed by atoms with Gasteiger partial charge in [0.2, 0.25) is 0 Å². The summed E-state index contributed by atoms with van der Waals surface area (Å²) in [5.41, 5.74) is 6.45. The van der Waals surface area contributed by atoms with Crippen LogP contribution in [0.1, 0.15) is 21.7 Å². The van der Waals surface area contributed by atoms with Crippen LogP contribution in [-0.4, -0.2) is 28.5 Å². The van der Waals surface area contributed by atoms with Crippen molar-refractivity contribution >= 4 is 32.9 Å². The first-order valence-corrected chi connectivity index (χ1v) is 10.4. The molecule has 0 aliphatic heterocycles. The molecular formula is C22H18BrF3N4O2. The Morgan fingerprint density at radius 3 is 2.78 bits per heavy atom. The van der Waals surface area contributed by atoms with Crippen LogP contribution >= 0.6 is 15.9 Å². The smallest absolute Gasteiger partial charge is 0.416 e. The third-order valence-electron chi connectivity index (χ3n) is 5.02. The van der Waals surface area contributed by atoms with Gasteiger partial charge < -0.3 is 20.5 Å². The molecule has 0 spiro atoms. The van der Waals surface area contributed by atoms with Crippen molar-refractivity contribution in [3.05, 3.63) is 76.2 Å². The van der Waals surface area contributed by atoms with Crippen LogP contribution in [0.2, 0.25) is 0 Å². The molecule has 166 valence electrons. The third kappa shape index (κ3) is 4.42. The summed E-state index contributed by atoms with van der Waals surface area (Å²) in [6.07, 6.45) is -1.20. The zero-order valence-corrected chi connectivity index (χ0v) is 18.1. The number of nitrogens with zero attached hydrogens (tertiary/aromatic N) is 1. The summed E-state index contributed by atoms with van der Waals surface area (Å²) in [4.78, 5) is 20.0. The molecule has 3 aromatic heterocycles. The molecule has 0 saturated carbocycles. The van der Waals surface area contributed by atoms with E-state index >= 15 is 0 Å². The highest BCUT2D eigenvalue weighted by Gasteiger charge is 2.33. The molecule has 0 fully saturated rings. The summed E-state index contributed by atoms with van der Waals surface area (Å²) < 4.78 is 46.2. The lowest BCUT2D eigenvalue weighted by molar-refractivity contribution is -0.138. The molecule has 4 N–H and O–H groups in total. The highest BCUT2D eigenvalue weighted by atomic mass is 79.9. The largest absolute Gasteiger partial charge is 0.450 e. The van der Waals surface area contributed by atoms with Crippen LogP contribution in [0.15, 0.2) is 63.7 Å². The first-order chi connectivity index (χ1) is 15.3. The fourth-order valence-electron chi connectivity index (χ4n) is 3.51. The fourth-order valence-corrected chi connectivity index (χ4v) is 4.02. The number of carbonyl (C=O) groups is 1. The van der Waals surface area contributed by atoms with E-state index in [0.717, 1.165) is 17.0 Å². The van der Waals surface area contributed by atoms with Gasteiger partial charge in [-0.1, -0.05) is 18.2 Å². The minimum absolute atomic E-state index is 0.00919. The molecule has 0 radical (unpaired) electrons. The van der Waals surface area contributed by atoms with E-state index in [4.69, 9.17) is 10.2 Å². The van der Waals surface area contributed by atoms with Gasteiger partial charge in [-0.25, -0.2) is 4.98 Å². The number of nitrogens with one attached hydrogen (secondary N) is 2. The number of halogens is 4. The lowest BCUT2D eigenvalue weighted by atomic mass is 9.99. The van der Waals surface area contributed by atoms with E-state index in [1.807, 2.05) is 6.07 Å². The number of hydrogen-bond acceptors (Lipinski definition) is 4. The topological polar surface area (TPSA) is 96.9 Å². The maximum Gasteiger partial charge on any atom is 0.416 e. The number of fused-ring (bicyclic) bond motifs is 1. The Bertz CT molecular complexity index is 1270. The highest BCUT2D eigenvalue weighted by Crippen LogP contribution is 2.35. The molecule has 0 saturated heterocycles. The van der Waals surface area contributed by atoms with Gasteiger partial charge in [0, 0.05) is 42.0 Å². The summed E-state index contributed by atoms with van der Waals surface area (Å²) in [5.74, 6) is -0.125. The Labute approximate surface area is 189 Å². The van der Waals surface area contributed by atoms with E-state index in [1.54, 1.807) is 18.5 Å². The van der Waals surface area contributed by atoms with E-state index in [9.17, 15) is 18.0 Å². The zero-order valence-electron chi connectivity index (χ0n) is 16.5. The van der Waals surface area contributed by atoms with E-state index in [2.05, 4.69) is 31.2 Å². The number of pyridine rings is 1. The van der Waals surface area contributed by atoms with Gasteiger partial charge in [0.1, 0.15) is 11.4 Å². The zero-order chi connectivity index (χ0) is 22.9. The van der Waals surface area contributed by atoms with Gasteiger partial charge in [-0.2, -0.15) is 13.2 Å². The number of aromatic nitrogens is 2. The second kappa shape index (κ2) is 8.79. The third-order valence-corrected chi connectivity index (χ3v) is 5.61. The lowest BCUT2D eigenvalue weighted by Gasteiger charge is -2.19. The molecule has 10 heteroatoms. The lowest BCUT2D eigenvalue weighted by Crippen LogP contribution is -2.42. The molecule has 0 aliphatic carbocycles. The number of carbonyl (C=O) groups excluding carboxylic acids is 1. The molecule has 4 rings (SSSR count). The van der Waals surface area contributed by atoms with Crippen LogP contribution in [0, 0.1) is 0 Å². The summed E-state index contributed by atoms with van der Waals surface area (Å²) in [6.45, 7) is -0.0407. The second-order valence-electron chi connectivity index (χ2n) is 7.15. The number of furan rings is 1. The average molecular weight is 507 g/mol. The molecule has 3 heterocycles. The summed E-state index contributed by atoms with van der Waals surface area (Å²) in [7, 11) is 0. The minimum atomic E-state index is -4.49. The van der Waals surface area contributed by atoms with Crippen molar-refractivity contribution in [2.75, 3.05) is 6.54 Å². The Morgan fingerprint density at radius 2 is 2.03 bits per heavy atom. The molecule has 1 atom stereocenters. The first-order valence-electron chi connectivity index (χ1n) is 9.65. The highest BCUT2D eigenvalue weighted by molar-refractivity contribution is 9.10. The van der Waals surface area contributed by atoms with E-state index < -0.39 is 23.7 Å². The van der Waals surface area contributed by atoms with Gasteiger partial charge in [-0.05, 0) is 46.1 Å². The van der Waals surface area contributed by atoms with Crippen molar-refractivity contribution in [1.29, 1.82) is 0 Å². The number of hydrogen-bond donors (Lipinski definition) is 3. The first kappa shape index (κ1) is 22.1. The van der Waals surface area contributed by atoms with Crippen LogP contribution in [0.4, 0.5) is 13.2 Å². The van der Waals surface area contributed by atoms with E-state index in [0.29, 0.717) is 15.9 Å². The average Bonchev–Trinajstić information content (AvgIpc) is 3.39. The number of nitrogens with two attached hydrogens (primary N) is 1.